The maximum Gasteiger partial charge on any atom is 0.407 e. The van der Waals surface area contributed by atoms with E-state index in [0.29, 0.717) is 18.9 Å². The van der Waals surface area contributed by atoms with E-state index in [1.807, 2.05) is 6.20 Å². The molecular formula is C12H14IN5O2. The second-order valence-corrected chi connectivity index (χ2v) is 6.00. The first-order chi connectivity index (χ1) is 9.58. The van der Waals surface area contributed by atoms with Crippen LogP contribution in [0, 0.1) is 3.57 Å². The normalized spacial score (nSPS) is 16.8. The van der Waals surface area contributed by atoms with Crippen molar-refractivity contribution in [2.45, 2.75) is 18.9 Å². The molecule has 0 aliphatic carbocycles. The maximum absolute atomic E-state index is 10.9. The van der Waals surface area contributed by atoms with Gasteiger partial charge in [-0.25, -0.2) is 14.8 Å². The molecule has 0 radical (unpaired) electrons. The van der Waals surface area contributed by atoms with Crippen LogP contribution in [0.15, 0.2) is 12.5 Å². The molecule has 3 N–H and O–H groups in total. The lowest BCUT2D eigenvalue weighted by Crippen LogP contribution is -2.38. The van der Waals surface area contributed by atoms with E-state index in [-0.39, 0.29) is 6.04 Å². The van der Waals surface area contributed by atoms with E-state index in [1.165, 1.54) is 11.2 Å². The van der Waals surface area contributed by atoms with Gasteiger partial charge in [0.05, 0.1) is 5.39 Å². The molecule has 1 fully saturated rings. The Labute approximate surface area is 128 Å². The number of rotatable bonds is 1. The Morgan fingerprint density at radius 2 is 2.10 bits per heavy atom. The molecule has 7 nitrogen and oxygen atoms in total. The molecule has 106 valence electrons. The standard InChI is InChI=1S/C12H14IN5O2/c13-8-5-18(11-9(8)10(14)15-6-16-11)7-1-3-17(4-2-7)12(19)20/h5-7H,1-4H2,(H,19,20)(H2,14,15,16). The van der Waals surface area contributed by atoms with E-state index in [1.54, 1.807) is 0 Å². The van der Waals surface area contributed by atoms with Crippen molar-refractivity contribution in [1.82, 2.24) is 19.4 Å². The summed E-state index contributed by atoms with van der Waals surface area (Å²) in [6, 6.07) is 0.255. The third-order valence-electron chi connectivity index (χ3n) is 3.72. The highest BCUT2D eigenvalue weighted by Crippen LogP contribution is 2.31. The van der Waals surface area contributed by atoms with Crippen LogP contribution < -0.4 is 5.73 Å². The highest BCUT2D eigenvalue weighted by molar-refractivity contribution is 14.1. The number of carbonyl (C=O) groups is 1. The largest absolute Gasteiger partial charge is 0.465 e. The monoisotopic (exact) mass is 387 g/mol. The smallest absolute Gasteiger partial charge is 0.407 e. The van der Waals surface area contributed by atoms with Crippen molar-refractivity contribution in [1.29, 1.82) is 0 Å². The number of piperidine rings is 1. The number of nitrogens with zero attached hydrogens (tertiary/aromatic N) is 4. The number of amides is 1. The van der Waals surface area contributed by atoms with Gasteiger partial charge in [0.2, 0.25) is 0 Å². The van der Waals surface area contributed by atoms with Crippen LogP contribution in [0.2, 0.25) is 0 Å². The van der Waals surface area contributed by atoms with Crippen molar-refractivity contribution >= 4 is 45.5 Å². The molecule has 0 bridgehead atoms. The van der Waals surface area contributed by atoms with Gasteiger partial charge in [0.1, 0.15) is 17.8 Å². The van der Waals surface area contributed by atoms with Gasteiger partial charge in [-0.3, -0.25) is 0 Å². The zero-order chi connectivity index (χ0) is 14.3. The zero-order valence-corrected chi connectivity index (χ0v) is 12.8. The Kier molecular flexibility index (Phi) is 3.40. The van der Waals surface area contributed by atoms with Gasteiger partial charge in [-0.15, -0.1) is 0 Å². The summed E-state index contributed by atoms with van der Waals surface area (Å²) in [6.07, 6.45) is 4.22. The number of carboxylic acid groups (broad SMARTS) is 1. The minimum absolute atomic E-state index is 0.255. The van der Waals surface area contributed by atoms with Gasteiger partial charge in [-0.2, -0.15) is 0 Å². The lowest BCUT2D eigenvalue weighted by Gasteiger charge is -2.31. The summed E-state index contributed by atoms with van der Waals surface area (Å²) in [5.41, 5.74) is 6.74. The van der Waals surface area contributed by atoms with Gasteiger partial charge < -0.3 is 20.3 Å². The Morgan fingerprint density at radius 3 is 2.75 bits per heavy atom. The van der Waals surface area contributed by atoms with E-state index in [2.05, 4.69) is 37.1 Å². The van der Waals surface area contributed by atoms with Gasteiger partial charge in [0.25, 0.3) is 0 Å². The molecule has 0 atom stereocenters. The number of likely N-dealkylation sites (tertiary alicyclic amines) is 1. The molecule has 1 amide bonds. The molecular weight excluding hydrogens is 373 g/mol. The molecule has 0 spiro atoms. The minimum Gasteiger partial charge on any atom is -0.465 e. The van der Waals surface area contributed by atoms with Crippen molar-refractivity contribution in [2.75, 3.05) is 18.8 Å². The molecule has 0 aromatic carbocycles. The Balaban J connectivity index is 1.92. The van der Waals surface area contributed by atoms with Crippen LogP contribution in [0.1, 0.15) is 18.9 Å². The van der Waals surface area contributed by atoms with Crippen molar-refractivity contribution in [3.63, 3.8) is 0 Å². The lowest BCUT2D eigenvalue weighted by molar-refractivity contribution is 0.126. The van der Waals surface area contributed by atoms with Gasteiger partial charge in [0.15, 0.2) is 0 Å². The number of fused-ring (bicyclic) bond motifs is 1. The Morgan fingerprint density at radius 1 is 1.40 bits per heavy atom. The second kappa shape index (κ2) is 5.08. The summed E-state index contributed by atoms with van der Waals surface area (Å²) in [7, 11) is 0. The molecule has 3 rings (SSSR count). The average Bonchev–Trinajstić information content (AvgIpc) is 2.77. The van der Waals surface area contributed by atoms with E-state index >= 15 is 0 Å². The molecule has 3 heterocycles. The van der Waals surface area contributed by atoms with E-state index in [0.717, 1.165) is 27.4 Å². The van der Waals surface area contributed by atoms with Crippen molar-refractivity contribution in [2.24, 2.45) is 0 Å². The van der Waals surface area contributed by atoms with Gasteiger partial charge in [-0.05, 0) is 35.4 Å². The van der Waals surface area contributed by atoms with Crippen molar-refractivity contribution in [3.8, 4) is 0 Å². The highest BCUT2D eigenvalue weighted by atomic mass is 127. The van der Waals surface area contributed by atoms with Crippen molar-refractivity contribution in [3.05, 3.63) is 16.1 Å². The van der Waals surface area contributed by atoms with Crippen LogP contribution in [-0.4, -0.2) is 43.7 Å². The van der Waals surface area contributed by atoms with Crippen LogP contribution >= 0.6 is 22.6 Å². The Hall–Kier alpha value is -1.58. The Bertz CT molecular complexity index is 663. The molecule has 2 aromatic rings. The molecule has 8 heteroatoms. The SMILES string of the molecule is Nc1ncnc2c1c(I)cn2C1CCN(C(=O)O)CC1. The predicted molar refractivity (Wildman–Crippen MR) is 82.5 cm³/mol. The van der Waals surface area contributed by atoms with Crippen LogP contribution in [0.5, 0.6) is 0 Å². The van der Waals surface area contributed by atoms with Crippen LogP contribution in [0.4, 0.5) is 10.6 Å². The summed E-state index contributed by atoms with van der Waals surface area (Å²) in [5.74, 6) is 0.487. The quantitative estimate of drug-likeness (QED) is 0.729. The molecule has 2 aromatic heterocycles. The first-order valence-corrected chi connectivity index (χ1v) is 7.40. The number of hydrogen-bond donors (Lipinski definition) is 2. The summed E-state index contributed by atoms with van der Waals surface area (Å²) >= 11 is 2.23. The number of hydrogen-bond acceptors (Lipinski definition) is 4. The number of halogens is 1. The van der Waals surface area contributed by atoms with E-state index < -0.39 is 6.09 Å². The van der Waals surface area contributed by atoms with Crippen LogP contribution in [0.3, 0.4) is 0 Å². The average molecular weight is 387 g/mol. The first-order valence-electron chi connectivity index (χ1n) is 6.32. The molecule has 0 saturated carbocycles. The molecule has 1 saturated heterocycles. The zero-order valence-electron chi connectivity index (χ0n) is 10.7. The van der Waals surface area contributed by atoms with Gasteiger partial charge in [0, 0.05) is 28.9 Å². The first kappa shape index (κ1) is 13.4. The third-order valence-corrected chi connectivity index (χ3v) is 4.54. The van der Waals surface area contributed by atoms with Gasteiger partial charge in [-0.1, -0.05) is 0 Å². The predicted octanol–water partition coefficient (Wildman–Crippen LogP) is 1.93. The fourth-order valence-corrected chi connectivity index (χ4v) is 3.49. The van der Waals surface area contributed by atoms with Crippen molar-refractivity contribution < 1.29 is 9.90 Å². The minimum atomic E-state index is -0.845. The van der Waals surface area contributed by atoms with Crippen LogP contribution in [-0.2, 0) is 0 Å². The number of nitrogen functional groups attached to an aromatic ring is 1. The highest BCUT2D eigenvalue weighted by Gasteiger charge is 2.25. The number of aromatic nitrogens is 3. The topological polar surface area (TPSA) is 97.3 Å². The molecule has 0 unspecified atom stereocenters. The third kappa shape index (κ3) is 2.17. The second-order valence-electron chi connectivity index (χ2n) is 4.84. The number of nitrogens with two attached hydrogens (primary N) is 1. The van der Waals surface area contributed by atoms with E-state index in [9.17, 15) is 4.79 Å². The molecule has 1 aliphatic heterocycles. The molecule has 20 heavy (non-hydrogen) atoms. The summed E-state index contributed by atoms with van der Waals surface area (Å²) < 4.78 is 3.13. The van der Waals surface area contributed by atoms with Gasteiger partial charge >= 0.3 is 6.09 Å². The maximum atomic E-state index is 10.9. The summed E-state index contributed by atoms with van der Waals surface area (Å²) in [6.45, 7) is 1.10. The number of anilines is 1. The molecule has 1 aliphatic rings. The lowest BCUT2D eigenvalue weighted by atomic mass is 10.1. The summed E-state index contributed by atoms with van der Waals surface area (Å²) in [5, 5.41) is 9.87. The van der Waals surface area contributed by atoms with E-state index in [4.69, 9.17) is 10.8 Å². The fraction of sp³-hybridized carbons (Fsp3) is 0.417. The fourth-order valence-electron chi connectivity index (χ4n) is 2.68. The van der Waals surface area contributed by atoms with Crippen LogP contribution in [0.25, 0.3) is 11.0 Å². The summed E-state index contributed by atoms with van der Waals surface area (Å²) in [4.78, 5) is 20.7.